The highest BCUT2D eigenvalue weighted by Gasteiger charge is 2.36. The van der Waals surface area contributed by atoms with Gasteiger partial charge < -0.3 is 15.0 Å². The smallest absolute Gasteiger partial charge is 0.405 e. The summed E-state index contributed by atoms with van der Waals surface area (Å²) in [7, 11) is 0. The number of para-hydroxylation sites is 1. The van der Waals surface area contributed by atoms with Crippen molar-refractivity contribution in [2.45, 2.75) is 51.6 Å². The maximum atomic E-state index is 13.1. The van der Waals surface area contributed by atoms with Crippen LogP contribution >= 0.6 is 12.4 Å². The third kappa shape index (κ3) is 5.51. The van der Waals surface area contributed by atoms with Crippen molar-refractivity contribution >= 4 is 18.3 Å². The van der Waals surface area contributed by atoms with E-state index in [1.54, 1.807) is 17.0 Å². The summed E-state index contributed by atoms with van der Waals surface area (Å²) in [5.74, 6) is -0.0282. The van der Waals surface area contributed by atoms with Crippen molar-refractivity contribution in [3.8, 4) is 5.75 Å². The molecule has 27 heavy (non-hydrogen) atoms. The first-order chi connectivity index (χ1) is 12.3. The van der Waals surface area contributed by atoms with E-state index in [-0.39, 0.29) is 42.6 Å². The Balaban J connectivity index is 0.00000261. The standard InChI is InChI=1S/C19H25F3N2O2.ClH/c1-13(15-10-23-11-15)18(25)24(16-7-3-4-8-16)12-14-6-2-5-9-17(14)26-19(20,21)22;/h2,5-6,9,13,15-16,23H,3-4,7-8,10-12H2,1H3;1H. The summed E-state index contributed by atoms with van der Waals surface area (Å²) in [5, 5.41) is 3.17. The van der Waals surface area contributed by atoms with E-state index in [1.165, 1.54) is 12.1 Å². The Labute approximate surface area is 163 Å². The lowest BCUT2D eigenvalue weighted by Crippen LogP contribution is -2.51. The number of nitrogens with one attached hydrogen (secondary N) is 1. The molecule has 4 nitrogen and oxygen atoms in total. The van der Waals surface area contributed by atoms with Gasteiger partial charge in [-0.3, -0.25) is 4.79 Å². The van der Waals surface area contributed by atoms with E-state index in [9.17, 15) is 18.0 Å². The van der Waals surface area contributed by atoms with Gasteiger partial charge >= 0.3 is 6.36 Å². The quantitative estimate of drug-likeness (QED) is 0.772. The van der Waals surface area contributed by atoms with E-state index in [4.69, 9.17) is 0 Å². The second-order valence-electron chi connectivity index (χ2n) is 7.27. The minimum absolute atomic E-state index is 0. The first-order valence-corrected chi connectivity index (χ1v) is 9.20. The molecule has 1 aromatic rings. The van der Waals surface area contributed by atoms with E-state index < -0.39 is 6.36 Å². The van der Waals surface area contributed by atoms with Crippen molar-refractivity contribution in [1.29, 1.82) is 0 Å². The first kappa shape index (κ1) is 21.8. The molecule has 1 aromatic carbocycles. The molecule has 2 aliphatic rings. The van der Waals surface area contributed by atoms with Crippen LogP contribution in [-0.2, 0) is 11.3 Å². The minimum atomic E-state index is -4.75. The summed E-state index contributed by atoms with van der Waals surface area (Å²) in [6.45, 7) is 3.71. The van der Waals surface area contributed by atoms with Gasteiger partial charge in [0.05, 0.1) is 0 Å². The molecule has 0 spiro atoms. The van der Waals surface area contributed by atoms with Crippen LogP contribution in [0.5, 0.6) is 5.75 Å². The normalized spacial score (nSPS) is 19.1. The van der Waals surface area contributed by atoms with Crippen LogP contribution in [0.4, 0.5) is 13.2 Å². The fourth-order valence-electron chi connectivity index (χ4n) is 3.77. The average Bonchev–Trinajstić information content (AvgIpc) is 3.04. The maximum absolute atomic E-state index is 13.1. The number of ether oxygens (including phenoxy) is 1. The predicted octanol–water partition coefficient (Wildman–Crippen LogP) is 4.13. The van der Waals surface area contributed by atoms with Crippen LogP contribution in [0, 0.1) is 11.8 Å². The highest BCUT2D eigenvalue weighted by atomic mass is 35.5. The Morgan fingerprint density at radius 3 is 2.44 bits per heavy atom. The molecule has 1 saturated carbocycles. The zero-order chi connectivity index (χ0) is 18.7. The van der Waals surface area contributed by atoms with Crippen molar-refractivity contribution in [3.63, 3.8) is 0 Å². The molecule has 1 aliphatic carbocycles. The Morgan fingerprint density at radius 2 is 1.89 bits per heavy atom. The summed E-state index contributed by atoms with van der Waals surface area (Å²) >= 11 is 0. The first-order valence-electron chi connectivity index (χ1n) is 9.20. The summed E-state index contributed by atoms with van der Waals surface area (Å²) in [5.41, 5.74) is 0.393. The molecule has 1 unspecified atom stereocenters. The molecule has 1 atom stereocenters. The van der Waals surface area contributed by atoms with Crippen molar-refractivity contribution < 1.29 is 22.7 Å². The fraction of sp³-hybridized carbons (Fsp3) is 0.632. The molecule has 8 heteroatoms. The SMILES string of the molecule is CC(C(=O)N(Cc1ccccc1OC(F)(F)F)C1CCCC1)C1CNC1.Cl. The number of rotatable bonds is 6. The van der Waals surface area contributed by atoms with Gasteiger partial charge in [-0.25, -0.2) is 0 Å². The highest BCUT2D eigenvalue weighted by molar-refractivity contribution is 5.85. The van der Waals surface area contributed by atoms with Gasteiger partial charge in [0.15, 0.2) is 0 Å². The van der Waals surface area contributed by atoms with Crippen LogP contribution in [0.2, 0.25) is 0 Å². The Hall–Kier alpha value is -1.47. The highest BCUT2D eigenvalue weighted by Crippen LogP contribution is 2.32. The minimum Gasteiger partial charge on any atom is -0.405 e. The van der Waals surface area contributed by atoms with E-state index >= 15 is 0 Å². The van der Waals surface area contributed by atoms with Crippen molar-refractivity contribution in [3.05, 3.63) is 29.8 Å². The predicted molar refractivity (Wildman–Crippen MR) is 98.7 cm³/mol. The van der Waals surface area contributed by atoms with Crippen LogP contribution < -0.4 is 10.1 Å². The largest absolute Gasteiger partial charge is 0.573 e. The van der Waals surface area contributed by atoms with Gasteiger partial charge in [-0.15, -0.1) is 25.6 Å². The van der Waals surface area contributed by atoms with Crippen LogP contribution in [0.1, 0.15) is 38.2 Å². The second kappa shape index (κ2) is 9.15. The molecule has 1 N–H and O–H groups in total. The molecule has 1 heterocycles. The molecule has 3 rings (SSSR count). The third-order valence-corrected chi connectivity index (χ3v) is 5.50. The number of carbonyl (C=O) groups excluding carboxylic acids is 1. The molecule has 1 amide bonds. The number of nitrogens with zero attached hydrogens (tertiary/aromatic N) is 1. The van der Waals surface area contributed by atoms with E-state index in [0.717, 1.165) is 38.8 Å². The molecule has 1 aliphatic heterocycles. The molecule has 0 radical (unpaired) electrons. The van der Waals surface area contributed by atoms with Gasteiger partial charge in [0.1, 0.15) is 5.75 Å². The number of amides is 1. The molecule has 0 aromatic heterocycles. The van der Waals surface area contributed by atoms with Crippen LogP contribution in [0.25, 0.3) is 0 Å². The Bertz CT molecular complexity index is 632. The lowest BCUT2D eigenvalue weighted by atomic mass is 9.87. The summed E-state index contributed by atoms with van der Waals surface area (Å²) in [6, 6.07) is 6.19. The van der Waals surface area contributed by atoms with E-state index in [2.05, 4.69) is 10.1 Å². The molecular weight excluding hydrogens is 381 g/mol. The van der Waals surface area contributed by atoms with E-state index in [1.807, 2.05) is 6.92 Å². The lowest BCUT2D eigenvalue weighted by molar-refractivity contribution is -0.275. The summed E-state index contributed by atoms with van der Waals surface area (Å²) in [4.78, 5) is 14.9. The third-order valence-electron chi connectivity index (χ3n) is 5.50. The van der Waals surface area contributed by atoms with Crippen molar-refractivity contribution in [2.75, 3.05) is 13.1 Å². The molecule has 0 bridgehead atoms. The van der Waals surface area contributed by atoms with Crippen LogP contribution in [-0.4, -0.2) is 36.3 Å². The Kier molecular flexibility index (Phi) is 7.40. The zero-order valence-electron chi connectivity index (χ0n) is 15.3. The lowest BCUT2D eigenvalue weighted by Gasteiger charge is -2.37. The number of hydrogen-bond acceptors (Lipinski definition) is 3. The number of carbonyl (C=O) groups is 1. The van der Waals surface area contributed by atoms with E-state index in [0.29, 0.717) is 11.5 Å². The molecular formula is C19H26ClF3N2O2. The number of benzene rings is 1. The fourth-order valence-corrected chi connectivity index (χ4v) is 3.77. The number of halogens is 4. The van der Waals surface area contributed by atoms with Crippen molar-refractivity contribution in [1.82, 2.24) is 10.2 Å². The topological polar surface area (TPSA) is 41.6 Å². The molecule has 1 saturated heterocycles. The van der Waals surface area contributed by atoms with Gasteiger partial charge in [-0.2, -0.15) is 0 Å². The van der Waals surface area contributed by atoms with Gasteiger partial charge in [0.2, 0.25) is 5.91 Å². The number of hydrogen-bond donors (Lipinski definition) is 1. The van der Waals surface area contributed by atoms with Gasteiger partial charge in [0, 0.05) is 24.1 Å². The zero-order valence-corrected chi connectivity index (χ0v) is 16.1. The van der Waals surface area contributed by atoms with Crippen LogP contribution in [0.15, 0.2) is 24.3 Å². The molecule has 2 fully saturated rings. The van der Waals surface area contributed by atoms with Crippen LogP contribution in [0.3, 0.4) is 0 Å². The van der Waals surface area contributed by atoms with Gasteiger partial charge in [0.25, 0.3) is 0 Å². The van der Waals surface area contributed by atoms with Gasteiger partial charge in [-0.1, -0.05) is 38.0 Å². The Morgan fingerprint density at radius 1 is 1.26 bits per heavy atom. The average molecular weight is 407 g/mol. The summed E-state index contributed by atoms with van der Waals surface area (Å²) in [6.07, 6.45) is -0.834. The van der Waals surface area contributed by atoms with Crippen molar-refractivity contribution in [2.24, 2.45) is 11.8 Å². The van der Waals surface area contributed by atoms with Gasteiger partial charge in [-0.05, 0) is 37.9 Å². The maximum Gasteiger partial charge on any atom is 0.573 e. The summed E-state index contributed by atoms with van der Waals surface area (Å²) < 4.78 is 42.3. The second-order valence-corrected chi connectivity index (χ2v) is 7.27. The monoisotopic (exact) mass is 406 g/mol. The number of alkyl halides is 3. The molecule has 152 valence electrons.